The van der Waals surface area contributed by atoms with E-state index < -0.39 is 0 Å². The highest BCUT2D eigenvalue weighted by atomic mass is 16.3. The summed E-state index contributed by atoms with van der Waals surface area (Å²) >= 11 is 0. The normalized spacial score (nSPS) is 11.4. The van der Waals surface area contributed by atoms with Gasteiger partial charge in [0, 0.05) is 38.4 Å². The Morgan fingerprint density at radius 2 is 0.746 bits per heavy atom. The second-order valence-corrected chi connectivity index (χ2v) is 14.8. The summed E-state index contributed by atoms with van der Waals surface area (Å²) in [5.41, 5.74) is 15.9. The van der Waals surface area contributed by atoms with Crippen LogP contribution in [0.25, 0.3) is 111 Å². The molecule has 59 heavy (non-hydrogen) atoms. The van der Waals surface area contributed by atoms with Gasteiger partial charge in [0.2, 0.25) is 0 Å². The Bertz CT molecular complexity index is 3170. The van der Waals surface area contributed by atoms with Gasteiger partial charge in [-0.25, -0.2) is 15.0 Å². The molecule has 11 aromatic rings. The number of pyridine rings is 1. The number of hydrogen-bond acceptors (Lipinski definition) is 4. The van der Waals surface area contributed by atoms with E-state index in [-0.39, 0.29) is 0 Å². The van der Waals surface area contributed by atoms with Crippen LogP contribution in [-0.4, -0.2) is 15.0 Å². The van der Waals surface area contributed by atoms with Gasteiger partial charge in [0.15, 0.2) is 11.4 Å². The lowest BCUT2D eigenvalue weighted by Gasteiger charge is -2.12. The van der Waals surface area contributed by atoms with Gasteiger partial charge in [0.25, 0.3) is 0 Å². The average Bonchev–Trinajstić information content (AvgIpc) is 3.72. The Balaban J connectivity index is 1.01. The fourth-order valence-corrected chi connectivity index (χ4v) is 8.07. The van der Waals surface area contributed by atoms with Gasteiger partial charge in [-0.1, -0.05) is 188 Å². The maximum absolute atomic E-state index is 6.63. The minimum Gasteiger partial charge on any atom is -0.454 e. The summed E-state index contributed by atoms with van der Waals surface area (Å²) in [5, 5.41) is 3.22. The van der Waals surface area contributed by atoms with Crippen LogP contribution < -0.4 is 0 Å². The van der Waals surface area contributed by atoms with Gasteiger partial charge >= 0.3 is 0 Å². The monoisotopic (exact) mass is 753 g/mol. The van der Waals surface area contributed by atoms with E-state index in [1.165, 1.54) is 16.7 Å². The third kappa shape index (κ3) is 6.43. The maximum atomic E-state index is 6.63. The van der Waals surface area contributed by atoms with Crippen LogP contribution in [0.15, 0.2) is 217 Å². The molecule has 0 bridgehead atoms. The lowest BCUT2D eigenvalue weighted by Crippen LogP contribution is -1.96. The number of para-hydroxylation sites is 1. The number of fused-ring (bicyclic) bond motifs is 5. The van der Waals surface area contributed by atoms with Crippen molar-refractivity contribution in [3.8, 4) is 78.5 Å². The summed E-state index contributed by atoms with van der Waals surface area (Å²) in [6, 6.07) is 73.8. The zero-order valence-corrected chi connectivity index (χ0v) is 32.0. The highest BCUT2D eigenvalue weighted by Crippen LogP contribution is 2.41. The van der Waals surface area contributed by atoms with E-state index in [9.17, 15) is 0 Å². The molecule has 11 rings (SSSR count). The Labute approximate surface area is 341 Å². The van der Waals surface area contributed by atoms with Crippen molar-refractivity contribution < 1.29 is 4.42 Å². The van der Waals surface area contributed by atoms with Crippen LogP contribution in [0.3, 0.4) is 0 Å². The Kier molecular flexibility index (Phi) is 8.45. The van der Waals surface area contributed by atoms with Crippen LogP contribution in [0.1, 0.15) is 0 Å². The van der Waals surface area contributed by atoms with Gasteiger partial charge in [-0.15, -0.1) is 0 Å². The first-order valence-corrected chi connectivity index (χ1v) is 19.8. The lowest BCUT2D eigenvalue weighted by molar-refractivity contribution is 0.669. The number of aromatic nitrogens is 3. The van der Waals surface area contributed by atoms with Crippen molar-refractivity contribution in [2.75, 3.05) is 0 Å². The van der Waals surface area contributed by atoms with E-state index in [4.69, 9.17) is 19.4 Å². The van der Waals surface area contributed by atoms with Gasteiger partial charge in [-0.3, -0.25) is 0 Å². The fourth-order valence-electron chi connectivity index (χ4n) is 8.07. The minimum absolute atomic E-state index is 0.670. The van der Waals surface area contributed by atoms with Gasteiger partial charge < -0.3 is 4.42 Å². The number of nitrogens with zero attached hydrogens (tertiary/aromatic N) is 3. The van der Waals surface area contributed by atoms with Crippen molar-refractivity contribution in [1.82, 2.24) is 15.0 Å². The molecule has 0 radical (unpaired) electrons. The molecule has 0 aliphatic rings. The molecule has 0 amide bonds. The highest BCUT2D eigenvalue weighted by Gasteiger charge is 2.19. The maximum Gasteiger partial charge on any atom is 0.162 e. The lowest BCUT2D eigenvalue weighted by atomic mass is 9.98. The smallest absolute Gasteiger partial charge is 0.162 e. The van der Waals surface area contributed by atoms with Gasteiger partial charge in [0.1, 0.15) is 11.3 Å². The van der Waals surface area contributed by atoms with Crippen molar-refractivity contribution >= 4 is 32.8 Å². The van der Waals surface area contributed by atoms with Crippen LogP contribution in [0.2, 0.25) is 0 Å². The summed E-state index contributed by atoms with van der Waals surface area (Å²) in [6.07, 6.45) is 0. The predicted molar refractivity (Wildman–Crippen MR) is 243 cm³/mol. The van der Waals surface area contributed by atoms with Crippen molar-refractivity contribution in [2.24, 2.45) is 0 Å². The second-order valence-electron chi connectivity index (χ2n) is 14.8. The molecular weight excluding hydrogens is 719 g/mol. The predicted octanol–water partition coefficient (Wildman–Crippen LogP) is 14.6. The minimum atomic E-state index is 0.670. The van der Waals surface area contributed by atoms with Gasteiger partial charge in [-0.2, -0.15) is 0 Å². The SMILES string of the molecule is c1ccc(-c2ccc(-c3cc(-c4ccc(-c5nc6ccc(-c7ccccc7)cc6c6c5oc5ccccc56)cc4)nc(-c4ccc(-c5ccccc5)cc4)n3)cc2)cc1. The van der Waals surface area contributed by atoms with E-state index in [1.54, 1.807) is 0 Å². The summed E-state index contributed by atoms with van der Waals surface area (Å²) in [7, 11) is 0. The molecule has 0 aliphatic carbocycles. The molecule has 0 unspecified atom stereocenters. The molecule has 0 atom stereocenters. The quantitative estimate of drug-likeness (QED) is 0.163. The molecule has 276 valence electrons. The number of furan rings is 1. The molecule has 3 heterocycles. The number of rotatable bonds is 7. The van der Waals surface area contributed by atoms with E-state index >= 15 is 0 Å². The Morgan fingerprint density at radius 1 is 0.305 bits per heavy atom. The van der Waals surface area contributed by atoms with E-state index in [1.807, 2.05) is 30.3 Å². The first kappa shape index (κ1) is 34.3. The van der Waals surface area contributed by atoms with Crippen molar-refractivity contribution in [2.45, 2.75) is 0 Å². The number of hydrogen-bond donors (Lipinski definition) is 0. The third-order valence-electron chi connectivity index (χ3n) is 11.1. The van der Waals surface area contributed by atoms with Gasteiger partial charge in [0.05, 0.1) is 16.9 Å². The third-order valence-corrected chi connectivity index (χ3v) is 11.1. The molecule has 0 fully saturated rings. The summed E-state index contributed by atoms with van der Waals surface area (Å²) in [6.45, 7) is 0. The van der Waals surface area contributed by atoms with E-state index in [0.29, 0.717) is 5.82 Å². The molecular formula is C55H35N3O. The average molecular weight is 754 g/mol. The largest absolute Gasteiger partial charge is 0.454 e. The second kappa shape index (κ2) is 14.5. The molecule has 4 nitrogen and oxygen atoms in total. The zero-order chi connectivity index (χ0) is 39.1. The van der Waals surface area contributed by atoms with Crippen LogP contribution in [-0.2, 0) is 0 Å². The fraction of sp³-hybridized carbons (Fsp3) is 0. The van der Waals surface area contributed by atoms with Crippen molar-refractivity contribution in [3.63, 3.8) is 0 Å². The van der Waals surface area contributed by atoms with Crippen molar-refractivity contribution in [3.05, 3.63) is 212 Å². The molecule has 0 spiro atoms. The molecule has 0 N–H and O–H groups in total. The Morgan fingerprint density at radius 3 is 1.32 bits per heavy atom. The molecule has 8 aromatic carbocycles. The standard InChI is InChI=1S/C55H35N3O/c1-4-12-36(13-5-1)39-20-24-41(25-21-39)49-35-50(58-55(57-49)44-30-22-40(23-31-44)37-14-6-2-7-15-37)42-26-28-43(29-27-42)53-54-52(46-18-10-11-19-51(46)59-54)47-34-45(32-33-48(47)56-53)38-16-8-3-9-17-38/h1-35H. The molecule has 0 aliphatic heterocycles. The molecule has 0 saturated heterocycles. The molecule has 4 heteroatoms. The topological polar surface area (TPSA) is 51.8 Å². The summed E-state index contributed by atoms with van der Waals surface area (Å²) in [4.78, 5) is 15.6. The highest BCUT2D eigenvalue weighted by molar-refractivity contribution is 6.21. The summed E-state index contributed by atoms with van der Waals surface area (Å²) in [5.74, 6) is 0.670. The molecule has 3 aromatic heterocycles. The van der Waals surface area contributed by atoms with Crippen LogP contribution >= 0.6 is 0 Å². The van der Waals surface area contributed by atoms with E-state index in [2.05, 4.69) is 182 Å². The summed E-state index contributed by atoms with van der Waals surface area (Å²) < 4.78 is 6.63. The van der Waals surface area contributed by atoms with E-state index in [0.717, 1.165) is 88.9 Å². The van der Waals surface area contributed by atoms with Crippen LogP contribution in [0.5, 0.6) is 0 Å². The van der Waals surface area contributed by atoms with Crippen LogP contribution in [0.4, 0.5) is 0 Å². The number of benzene rings is 8. The zero-order valence-electron chi connectivity index (χ0n) is 32.0. The van der Waals surface area contributed by atoms with Crippen molar-refractivity contribution in [1.29, 1.82) is 0 Å². The van der Waals surface area contributed by atoms with Gasteiger partial charge in [-0.05, 0) is 57.6 Å². The van der Waals surface area contributed by atoms with Crippen LogP contribution in [0, 0.1) is 0 Å². The first-order valence-electron chi connectivity index (χ1n) is 19.8. The Hall–Kier alpha value is -7.95. The first-order chi connectivity index (χ1) is 29.2. The molecule has 0 saturated carbocycles.